The van der Waals surface area contributed by atoms with Gasteiger partial charge in [0.2, 0.25) is 5.91 Å². The van der Waals surface area contributed by atoms with Crippen molar-refractivity contribution in [1.82, 2.24) is 19.7 Å². The molecule has 1 rings (SSSR count). The number of allylic oxidation sites excluding steroid dienone is 1. The molecule has 6 heteroatoms. The lowest BCUT2D eigenvalue weighted by Crippen LogP contribution is -2.31. The van der Waals surface area contributed by atoms with Gasteiger partial charge in [-0.15, -0.1) is 16.8 Å². The molecule has 0 atom stereocenters. The van der Waals surface area contributed by atoms with Crippen LogP contribution < -0.4 is 0 Å². The van der Waals surface area contributed by atoms with Crippen LogP contribution in [0.5, 0.6) is 0 Å². The van der Waals surface area contributed by atoms with E-state index in [1.807, 2.05) is 36.3 Å². The van der Waals surface area contributed by atoms with E-state index in [1.165, 1.54) is 11.8 Å². The van der Waals surface area contributed by atoms with Crippen molar-refractivity contribution >= 4 is 17.7 Å². The minimum absolute atomic E-state index is 0.140. The normalized spacial score (nSPS) is 10.5. The second-order valence-electron chi connectivity index (χ2n) is 4.01. The SMILES string of the molecule is C=CCn1c(CC)nnc1SCC(=O)N(CC)CC. The number of carbonyl (C=O) groups excluding carboxylic acids is 1. The molecule has 1 aromatic rings. The molecule has 0 bridgehead atoms. The number of carbonyl (C=O) groups is 1. The highest BCUT2D eigenvalue weighted by Crippen LogP contribution is 2.18. The molecule has 1 aromatic heterocycles. The van der Waals surface area contributed by atoms with Crippen molar-refractivity contribution < 1.29 is 4.79 Å². The molecule has 0 N–H and O–H groups in total. The van der Waals surface area contributed by atoms with Crippen LogP contribution >= 0.6 is 11.8 Å². The second kappa shape index (κ2) is 7.99. The number of aryl methyl sites for hydroxylation is 1. The smallest absolute Gasteiger partial charge is 0.233 e. The zero-order valence-electron chi connectivity index (χ0n) is 11.9. The van der Waals surface area contributed by atoms with E-state index in [9.17, 15) is 4.79 Å². The van der Waals surface area contributed by atoms with Gasteiger partial charge in [0.1, 0.15) is 5.82 Å². The number of hydrogen-bond acceptors (Lipinski definition) is 4. The van der Waals surface area contributed by atoms with Gasteiger partial charge >= 0.3 is 0 Å². The summed E-state index contributed by atoms with van der Waals surface area (Å²) in [4.78, 5) is 13.8. The summed E-state index contributed by atoms with van der Waals surface area (Å²) in [5, 5.41) is 9.07. The molecule has 0 aliphatic heterocycles. The van der Waals surface area contributed by atoms with Crippen molar-refractivity contribution in [2.24, 2.45) is 0 Å². The maximum atomic E-state index is 12.0. The molecule has 0 aliphatic carbocycles. The van der Waals surface area contributed by atoms with E-state index in [0.717, 1.165) is 30.5 Å². The van der Waals surface area contributed by atoms with Gasteiger partial charge < -0.3 is 9.47 Å². The first-order chi connectivity index (χ1) is 9.17. The molecule has 5 nitrogen and oxygen atoms in total. The first-order valence-corrected chi connectivity index (χ1v) is 7.59. The van der Waals surface area contributed by atoms with Crippen LogP contribution in [0.15, 0.2) is 17.8 Å². The van der Waals surface area contributed by atoms with Crippen molar-refractivity contribution in [3.63, 3.8) is 0 Å². The third kappa shape index (κ3) is 4.09. The maximum absolute atomic E-state index is 12.0. The fourth-order valence-corrected chi connectivity index (χ4v) is 2.66. The number of hydrogen-bond donors (Lipinski definition) is 0. The van der Waals surface area contributed by atoms with Gasteiger partial charge in [0.25, 0.3) is 0 Å². The molecule has 106 valence electrons. The lowest BCUT2D eigenvalue weighted by Gasteiger charge is -2.18. The summed E-state index contributed by atoms with van der Waals surface area (Å²) < 4.78 is 2.01. The molecular weight excluding hydrogens is 260 g/mol. The molecule has 0 aromatic carbocycles. The summed E-state index contributed by atoms with van der Waals surface area (Å²) in [6.07, 6.45) is 2.64. The van der Waals surface area contributed by atoms with Gasteiger partial charge in [0.05, 0.1) is 5.75 Å². The Labute approximate surface area is 119 Å². The molecule has 0 aliphatic rings. The van der Waals surface area contributed by atoms with Crippen molar-refractivity contribution in [1.29, 1.82) is 0 Å². The fraction of sp³-hybridized carbons (Fsp3) is 0.615. The highest BCUT2D eigenvalue weighted by Gasteiger charge is 2.14. The lowest BCUT2D eigenvalue weighted by molar-refractivity contribution is -0.127. The van der Waals surface area contributed by atoms with E-state index in [-0.39, 0.29) is 5.91 Å². The van der Waals surface area contributed by atoms with Crippen LogP contribution in [0.3, 0.4) is 0 Å². The van der Waals surface area contributed by atoms with E-state index in [1.54, 1.807) is 0 Å². The fourth-order valence-electron chi connectivity index (χ4n) is 1.79. The van der Waals surface area contributed by atoms with Crippen molar-refractivity contribution in [3.8, 4) is 0 Å². The molecule has 0 unspecified atom stereocenters. The topological polar surface area (TPSA) is 51.0 Å². The lowest BCUT2D eigenvalue weighted by atomic mass is 10.4. The minimum atomic E-state index is 0.140. The Morgan fingerprint density at radius 1 is 1.37 bits per heavy atom. The van der Waals surface area contributed by atoms with E-state index >= 15 is 0 Å². The summed E-state index contributed by atoms with van der Waals surface area (Å²) in [6.45, 7) is 11.9. The molecule has 0 spiro atoms. The van der Waals surface area contributed by atoms with Gasteiger partial charge in [-0.05, 0) is 13.8 Å². The summed E-state index contributed by atoms with van der Waals surface area (Å²) in [5.74, 6) is 1.47. The van der Waals surface area contributed by atoms with Crippen molar-refractivity contribution in [2.75, 3.05) is 18.8 Å². The Kier molecular flexibility index (Phi) is 6.62. The highest BCUT2D eigenvalue weighted by atomic mass is 32.2. The number of aromatic nitrogens is 3. The standard InChI is InChI=1S/C13H22N4OS/c1-5-9-17-11(6-2)14-15-13(17)19-10-12(18)16(7-3)8-4/h5H,1,6-10H2,2-4H3. The number of thioether (sulfide) groups is 1. The maximum Gasteiger partial charge on any atom is 0.233 e. The van der Waals surface area contributed by atoms with Crippen LogP contribution in [0.1, 0.15) is 26.6 Å². The monoisotopic (exact) mass is 282 g/mol. The number of rotatable bonds is 8. The first kappa shape index (κ1) is 15.8. The number of amides is 1. The Hall–Kier alpha value is -1.30. The Bertz CT molecular complexity index is 426. The molecule has 1 heterocycles. The largest absolute Gasteiger partial charge is 0.343 e. The molecule has 0 saturated carbocycles. The van der Waals surface area contributed by atoms with E-state index in [2.05, 4.69) is 16.8 Å². The van der Waals surface area contributed by atoms with E-state index in [0.29, 0.717) is 12.3 Å². The average Bonchev–Trinajstić information content (AvgIpc) is 2.80. The summed E-state index contributed by atoms with van der Waals surface area (Å²) in [7, 11) is 0. The van der Waals surface area contributed by atoms with Gasteiger partial charge in [-0.1, -0.05) is 24.8 Å². The summed E-state index contributed by atoms with van der Waals surface area (Å²) in [6, 6.07) is 0. The predicted molar refractivity (Wildman–Crippen MR) is 78.2 cm³/mol. The summed E-state index contributed by atoms with van der Waals surface area (Å²) >= 11 is 1.44. The Morgan fingerprint density at radius 2 is 2.05 bits per heavy atom. The zero-order chi connectivity index (χ0) is 14.3. The van der Waals surface area contributed by atoms with Gasteiger partial charge in [-0.3, -0.25) is 4.79 Å². The Balaban J connectivity index is 2.69. The molecule has 1 amide bonds. The number of nitrogens with zero attached hydrogens (tertiary/aromatic N) is 4. The highest BCUT2D eigenvalue weighted by molar-refractivity contribution is 7.99. The summed E-state index contributed by atoms with van der Waals surface area (Å²) in [5.41, 5.74) is 0. The second-order valence-corrected chi connectivity index (χ2v) is 4.95. The third-order valence-corrected chi connectivity index (χ3v) is 3.81. The minimum Gasteiger partial charge on any atom is -0.343 e. The van der Waals surface area contributed by atoms with E-state index < -0.39 is 0 Å². The van der Waals surface area contributed by atoms with Gasteiger partial charge in [-0.2, -0.15) is 0 Å². The van der Waals surface area contributed by atoms with Gasteiger partial charge in [0, 0.05) is 26.1 Å². The van der Waals surface area contributed by atoms with Crippen LogP contribution in [-0.4, -0.2) is 44.4 Å². The third-order valence-electron chi connectivity index (χ3n) is 2.86. The molecule has 0 fully saturated rings. The molecule has 0 radical (unpaired) electrons. The van der Waals surface area contributed by atoms with Crippen LogP contribution in [0.2, 0.25) is 0 Å². The van der Waals surface area contributed by atoms with E-state index in [4.69, 9.17) is 0 Å². The van der Waals surface area contributed by atoms with Gasteiger partial charge in [-0.25, -0.2) is 0 Å². The van der Waals surface area contributed by atoms with Gasteiger partial charge in [0.15, 0.2) is 5.16 Å². The molecule has 0 saturated heterocycles. The Morgan fingerprint density at radius 3 is 2.58 bits per heavy atom. The van der Waals surface area contributed by atoms with Crippen molar-refractivity contribution in [3.05, 3.63) is 18.5 Å². The predicted octanol–water partition coefficient (Wildman–Crippen LogP) is 1.99. The van der Waals surface area contributed by atoms with Crippen LogP contribution in [0.25, 0.3) is 0 Å². The average molecular weight is 282 g/mol. The quantitative estimate of drug-likeness (QED) is 0.540. The van der Waals surface area contributed by atoms with Crippen LogP contribution in [0.4, 0.5) is 0 Å². The zero-order valence-corrected chi connectivity index (χ0v) is 12.7. The van der Waals surface area contributed by atoms with Crippen LogP contribution in [-0.2, 0) is 17.8 Å². The first-order valence-electron chi connectivity index (χ1n) is 6.61. The van der Waals surface area contributed by atoms with Crippen LogP contribution in [0, 0.1) is 0 Å². The molecule has 19 heavy (non-hydrogen) atoms. The molecular formula is C13H22N4OS. The van der Waals surface area contributed by atoms with Crippen molar-refractivity contribution in [2.45, 2.75) is 38.9 Å².